The Morgan fingerprint density at radius 3 is 2.07 bits per heavy atom. The SMILES string of the molecule is CC[C@H](C)[C@@H](CO)NC(=O)C[C@H](O)[C@H](CC(C)C)NC(=O)[C@H](Cc1c[nH]c2ccccc12)NC(=O)[C@H](Cc1cccc2ccccc12)NC(=O)OCc1ccccc1. The van der Waals surface area contributed by atoms with Crippen LogP contribution in [-0.2, 0) is 38.6 Å². The number of benzene rings is 4. The van der Waals surface area contributed by atoms with Gasteiger partial charge in [-0.3, -0.25) is 14.4 Å². The van der Waals surface area contributed by atoms with Gasteiger partial charge in [0, 0.05) is 29.9 Å². The van der Waals surface area contributed by atoms with Crippen molar-refractivity contribution in [2.75, 3.05) is 6.61 Å². The van der Waals surface area contributed by atoms with Gasteiger partial charge in [-0.25, -0.2) is 4.79 Å². The van der Waals surface area contributed by atoms with E-state index in [9.17, 15) is 29.4 Å². The van der Waals surface area contributed by atoms with E-state index in [1.54, 1.807) is 6.20 Å². The average molecular weight is 792 g/mol. The molecule has 5 rings (SSSR count). The van der Waals surface area contributed by atoms with Gasteiger partial charge in [0.2, 0.25) is 17.7 Å². The Labute approximate surface area is 340 Å². The van der Waals surface area contributed by atoms with E-state index in [0.717, 1.165) is 44.8 Å². The first-order chi connectivity index (χ1) is 27.9. The molecule has 1 heterocycles. The summed E-state index contributed by atoms with van der Waals surface area (Å²) in [6, 6.07) is 26.8. The zero-order chi connectivity index (χ0) is 41.6. The summed E-state index contributed by atoms with van der Waals surface area (Å²) in [5, 5.41) is 35.5. The lowest BCUT2D eigenvalue weighted by molar-refractivity contribution is -0.131. The van der Waals surface area contributed by atoms with E-state index in [1.165, 1.54) is 0 Å². The van der Waals surface area contributed by atoms with Gasteiger partial charge in [-0.2, -0.15) is 0 Å². The fourth-order valence-electron chi connectivity index (χ4n) is 7.16. The minimum absolute atomic E-state index is 0.00322. The number of aromatic nitrogens is 1. The molecule has 12 heteroatoms. The van der Waals surface area contributed by atoms with Crippen molar-refractivity contribution in [3.05, 3.63) is 120 Å². The summed E-state index contributed by atoms with van der Waals surface area (Å²) in [6.07, 6.45) is 0.723. The summed E-state index contributed by atoms with van der Waals surface area (Å²) in [6.45, 7) is 7.55. The first-order valence-electron chi connectivity index (χ1n) is 20.1. The van der Waals surface area contributed by atoms with Gasteiger partial charge < -0.3 is 41.2 Å². The number of fused-ring (bicyclic) bond motifs is 2. The quantitative estimate of drug-likeness (QED) is 0.0529. The minimum Gasteiger partial charge on any atom is -0.445 e. The molecule has 0 aliphatic heterocycles. The van der Waals surface area contributed by atoms with Crippen molar-refractivity contribution in [3.63, 3.8) is 0 Å². The number of hydrogen-bond donors (Lipinski definition) is 7. The van der Waals surface area contributed by atoms with Gasteiger partial charge in [-0.1, -0.05) is 125 Å². The third kappa shape index (κ3) is 12.1. The molecule has 0 fully saturated rings. The van der Waals surface area contributed by atoms with Gasteiger partial charge in [0.05, 0.1) is 31.2 Å². The molecule has 12 nitrogen and oxygen atoms in total. The smallest absolute Gasteiger partial charge is 0.408 e. The molecule has 0 bridgehead atoms. The molecule has 5 aromatic rings. The number of aromatic amines is 1. The minimum atomic E-state index is -1.26. The van der Waals surface area contributed by atoms with Crippen LogP contribution in [0.3, 0.4) is 0 Å². The Morgan fingerprint density at radius 1 is 0.707 bits per heavy atom. The third-order valence-electron chi connectivity index (χ3n) is 10.6. The van der Waals surface area contributed by atoms with Crippen molar-refractivity contribution < 1.29 is 34.1 Å². The molecule has 58 heavy (non-hydrogen) atoms. The molecule has 0 saturated carbocycles. The van der Waals surface area contributed by atoms with Crippen molar-refractivity contribution in [2.45, 2.75) is 96.7 Å². The van der Waals surface area contributed by atoms with Gasteiger partial charge in [0.15, 0.2) is 0 Å². The molecule has 308 valence electrons. The van der Waals surface area contributed by atoms with E-state index in [2.05, 4.69) is 26.3 Å². The fourth-order valence-corrected chi connectivity index (χ4v) is 7.16. The van der Waals surface area contributed by atoms with Gasteiger partial charge >= 0.3 is 6.09 Å². The van der Waals surface area contributed by atoms with Crippen molar-refractivity contribution in [2.24, 2.45) is 11.8 Å². The maximum absolute atomic E-state index is 14.5. The van der Waals surface area contributed by atoms with E-state index < -0.39 is 54.1 Å². The monoisotopic (exact) mass is 791 g/mol. The lowest BCUT2D eigenvalue weighted by Crippen LogP contribution is -2.57. The first-order valence-corrected chi connectivity index (χ1v) is 20.1. The van der Waals surface area contributed by atoms with Crippen LogP contribution in [0.2, 0.25) is 0 Å². The fraction of sp³-hybridized carbons (Fsp3) is 0.391. The number of nitrogens with one attached hydrogen (secondary N) is 5. The normalized spacial score (nSPS) is 14.5. The molecular formula is C46H57N5O7. The number of carbonyl (C=O) groups is 4. The highest BCUT2D eigenvalue weighted by atomic mass is 16.5. The Balaban J connectivity index is 1.41. The number of aliphatic hydroxyl groups excluding tert-OH is 2. The Hall–Kier alpha value is -5.72. The van der Waals surface area contributed by atoms with E-state index >= 15 is 0 Å². The Morgan fingerprint density at radius 2 is 1.34 bits per heavy atom. The summed E-state index contributed by atoms with van der Waals surface area (Å²) in [7, 11) is 0. The molecule has 4 amide bonds. The number of H-pyrrole nitrogens is 1. The second-order valence-corrected chi connectivity index (χ2v) is 15.5. The number of aliphatic hydroxyl groups is 2. The number of hydrogen-bond acceptors (Lipinski definition) is 7. The summed E-state index contributed by atoms with van der Waals surface area (Å²) < 4.78 is 5.53. The third-order valence-corrected chi connectivity index (χ3v) is 10.6. The van der Waals surface area contributed by atoms with Gasteiger partial charge in [-0.15, -0.1) is 0 Å². The van der Waals surface area contributed by atoms with Crippen molar-refractivity contribution in [3.8, 4) is 0 Å². The van der Waals surface area contributed by atoms with Crippen molar-refractivity contribution in [1.29, 1.82) is 0 Å². The molecule has 0 spiro atoms. The predicted molar refractivity (Wildman–Crippen MR) is 226 cm³/mol. The molecule has 6 atom stereocenters. The van der Waals surface area contributed by atoms with Gasteiger partial charge in [-0.05, 0) is 51.8 Å². The molecular weight excluding hydrogens is 735 g/mol. The van der Waals surface area contributed by atoms with E-state index in [-0.39, 0.29) is 44.3 Å². The van der Waals surface area contributed by atoms with Crippen LogP contribution in [0.15, 0.2) is 103 Å². The van der Waals surface area contributed by atoms with Crippen molar-refractivity contribution >= 4 is 45.5 Å². The summed E-state index contributed by atoms with van der Waals surface area (Å²) in [4.78, 5) is 58.5. The molecule has 0 aliphatic rings. The summed E-state index contributed by atoms with van der Waals surface area (Å²) >= 11 is 0. The van der Waals surface area contributed by atoms with Crippen LogP contribution in [0, 0.1) is 11.8 Å². The lowest BCUT2D eigenvalue weighted by Gasteiger charge is -2.29. The van der Waals surface area contributed by atoms with Gasteiger partial charge in [0.1, 0.15) is 18.7 Å². The number of ether oxygens (including phenoxy) is 1. The predicted octanol–water partition coefficient (Wildman–Crippen LogP) is 5.69. The Kier molecular flexibility index (Phi) is 15.8. The standard InChI is InChI=1S/C46H57N5O7/c1-5-30(4)41(27-52)48-43(54)25-42(53)38(22-29(2)3)49-44(55)39(24-34-26-47-37-21-12-11-20-36(34)37)50-45(56)40(51-46(57)58-28-31-14-7-6-8-15-31)23-33-18-13-17-32-16-9-10-19-35(32)33/h6-21,26,29-30,38-42,47,52-53H,5,22-25,27-28H2,1-4H3,(H,48,54)(H,49,55)(H,50,56)(H,51,57)/t30-,38-,39-,40-,41+,42-/m0/s1. The van der Waals surface area contributed by atoms with Crippen LogP contribution in [0.5, 0.6) is 0 Å². The van der Waals surface area contributed by atoms with Crippen molar-refractivity contribution in [1.82, 2.24) is 26.3 Å². The summed E-state index contributed by atoms with van der Waals surface area (Å²) in [5.41, 5.74) is 3.23. The molecule has 0 unspecified atom stereocenters. The highest BCUT2D eigenvalue weighted by molar-refractivity contribution is 5.93. The molecule has 4 aromatic carbocycles. The first kappa shape index (κ1) is 43.4. The zero-order valence-corrected chi connectivity index (χ0v) is 33.7. The lowest BCUT2D eigenvalue weighted by atomic mass is 9.95. The largest absolute Gasteiger partial charge is 0.445 e. The van der Waals surface area contributed by atoms with Crippen LogP contribution < -0.4 is 21.3 Å². The van der Waals surface area contributed by atoms with Gasteiger partial charge in [0.25, 0.3) is 0 Å². The van der Waals surface area contributed by atoms with Crippen LogP contribution in [0.1, 0.15) is 63.6 Å². The zero-order valence-electron chi connectivity index (χ0n) is 33.7. The van der Waals surface area contributed by atoms with E-state index in [4.69, 9.17) is 4.74 Å². The number of amides is 4. The number of rotatable bonds is 20. The second-order valence-electron chi connectivity index (χ2n) is 15.5. The maximum Gasteiger partial charge on any atom is 0.408 e. The number of alkyl carbamates (subject to hydrolysis) is 1. The Bertz CT molecular complexity index is 2110. The molecule has 0 radical (unpaired) electrons. The average Bonchev–Trinajstić information content (AvgIpc) is 3.63. The van der Waals surface area contributed by atoms with Crippen LogP contribution in [0.25, 0.3) is 21.7 Å². The van der Waals surface area contributed by atoms with Crippen LogP contribution in [-0.4, -0.2) is 75.9 Å². The van der Waals surface area contributed by atoms with Crippen LogP contribution in [0.4, 0.5) is 4.79 Å². The molecule has 0 aliphatic carbocycles. The molecule has 7 N–H and O–H groups in total. The highest BCUT2D eigenvalue weighted by Crippen LogP contribution is 2.22. The highest BCUT2D eigenvalue weighted by Gasteiger charge is 2.32. The topological polar surface area (TPSA) is 182 Å². The van der Waals surface area contributed by atoms with Crippen LogP contribution >= 0.6 is 0 Å². The second kappa shape index (κ2) is 21.2. The maximum atomic E-state index is 14.5. The number of carbonyl (C=O) groups excluding carboxylic acids is 4. The molecule has 0 saturated heterocycles. The summed E-state index contributed by atoms with van der Waals surface area (Å²) in [5.74, 6) is -1.56. The number of para-hydroxylation sites is 1. The van der Waals surface area contributed by atoms with E-state index in [1.807, 2.05) is 125 Å². The molecule has 1 aromatic heterocycles. The van der Waals surface area contributed by atoms with E-state index in [0.29, 0.717) is 6.42 Å².